The van der Waals surface area contributed by atoms with E-state index in [-0.39, 0.29) is 30.9 Å². The molecular formula is C19H22Cl2N4S. The van der Waals surface area contributed by atoms with Gasteiger partial charge in [-0.15, -0.1) is 36.2 Å². The number of hydrogen-bond donors (Lipinski definition) is 2. The molecule has 4 rings (SSSR count). The zero-order chi connectivity index (χ0) is 16.2. The van der Waals surface area contributed by atoms with Crippen molar-refractivity contribution in [3.63, 3.8) is 0 Å². The summed E-state index contributed by atoms with van der Waals surface area (Å²) >= 11 is 1.77. The van der Waals surface area contributed by atoms with E-state index in [1.54, 1.807) is 17.7 Å². The molecule has 26 heavy (non-hydrogen) atoms. The molecule has 1 aromatic carbocycles. The molecule has 0 radical (unpaired) electrons. The molecule has 0 amide bonds. The Bertz CT molecular complexity index is 797. The van der Waals surface area contributed by atoms with Crippen molar-refractivity contribution in [2.24, 2.45) is 0 Å². The number of hydrogen-bond acceptors (Lipinski definition) is 5. The molecule has 0 fully saturated rings. The summed E-state index contributed by atoms with van der Waals surface area (Å²) < 4.78 is 0. The Morgan fingerprint density at radius 1 is 0.962 bits per heavy atom. The van der Waals surface area contributed by atoms with Gasteiger partial charge in [-0.25, -0.2) is 9.97 Å². The van der Waals surface area contributed by atoms with E-state index >= 15 is 0 Å². The van der Waals surface area contributed by atoms with E-state index in [1.165, 1.54) is 16.0 Å². The van der Waals surface area contributed by atoms with Crippen LogP contribution in [0.1, 0.15) is 27.7 Å². The van der Waals surface area contributed by atoms with Gasteiger partial charge in [-0.2, -0.15) is 0 Å². The van der Waals surface area contributed by atoms with E-state index in [9.17, 15) is 0 Å². The van der Waals surface area contributed by atoms with Crippen LogP contribution in [-0.2, 0) is 12.8 Å². The van der Waals surface area contributed by atoms with Gasteiger partial charge >= 0.3 is 0 Å². The molecule has 1 aliphatic rings. The number of benzene rings is 1. The van der Waals surface area contributed by atoms with E-state index < -0.39 is 0 Å². The van der Waals surface area contributed by atoms with Crippen LogP contribution >= 0.6 is 36.2 Å². The standard InChI is InChI=1S/C19H20N4S.2ClH/c1-2-5-14(6-3-1)18(17-7-4-12-24-17)23-19-15-8-10-20-11-9-16(15)21-13-22-19;;/h1-7,12-13,18,20H,8-11H2,(H,21,22,23);2*1H. The maximum Gasteiger partial charge on any atom is 0.133 e. The zero-order valence-corrected chi connectivity index (χ0v) is 16.7. The fourth-order valence-electron chi connectivity index (χ4n) is 3.15. The Hall–Kier alpha value is -1.66. The number of nitrogens with one attached hydrogen (secondary N) is 2. The minimum atomic E-state index is 0. The topological polar surface area (TPSA) is 49.8 Å². The third-order valence-corrected chi connectivity index (χ3v) is 5.30. The smallest absolute Gasteiger partial charge is 0.133 e. The second kappa shape index (κ2) is 9.88. The van der Waals surface area contributed by atoms with Crippen LogP contribution in [0.2, 0.25) is 0 Å². The molecule has 2 N–H and O–H groups in total. The first-order chi connectivity index (χ1) is 11.9. The lowest BCUT2D eigenvalue weighted by Crippen LogP contribution is -2.17. The molecule has 4 nitrogen and oxygen atoms in total. The normalized spacial score (nSPS) is 14.2. The molecular weight excluding hydrogens is 387 g/mol. The number of rotatable bonds is 4. The highest BCUT2D eigenvalue weighted by Crippen LogP contribution is 2.31. The minimum Gasteiger partial charge on any atom is -0.358 e. The van der Waals surface area contributed by atoms with Gasteiger partial charge in [0.15, 0.2) is 0 Å². The van der Waals surface area contributed by atoms with Gasteiger partial charge in [0.1, 0.15) is 12.1 Å². The first-order valence-electron chi connectivity index (χ1n) is 8.30. The molecule has 3 aromatic rings. The SMILES string of the molecule is Cl.Cl.c1ccc(C(Nc2ncnc3c2CCNCC3)c2cccs2)cc1. The average Bonchev–Trinajstić information content (AvgIpc) is 3.05. The molecule has 0 spiro atoms. The van der Waals surface area contributed by atoms with Gasteiger partial charge in [-0.1, -0.05) is 36.4 Å². The monoisotopic (exact) mass is 408 g/mol. The fourth-order valence-corrected chi connectivity index (χ4v) is 3.96. The summed E-state index contributed by atoms with van der Waals surface area (Å²) in [6, 6.07) is 14.9. The summed E-state index contributed by atoms with van der Waals surface area (Å²) in [4.78, 5) is 10.3. The van der Waals surface area contributed by atoms with Crippen LogP contribution in [0, 0.1) is 0 Å². The molecule has 1 atom stereocenters. The first kappa shape index (κ1) is 20.6. The Morgan fingerprint density at radius 3 is 2.54 bits per heavy atom. The van der Waals surface area contributed by atoms with Crippen molar-refractivity contribution in [2.45, 2.75) is 18.9 Å². The molecule has 1 unspecified atom stereocenters. The van der Waals surface area contributed by atoms with Crippen LogP contribution in [0.3, 0.4) is 0 Å². The predicted molar refractivity (Wildman–Crippen MR) is 113 cm³/mol. The molecule has 0 bridgehead atoms. The predicted octanol–water partition coefficient (Wildman–Crippen LogP) is 4.27. The van der Waals surface area contributed by atoms with Crippen LogP contribution in [-0.4, -0.2) is 23.1 Å². The zero-order valence-electron chi connectivity index (χ0n) is 14.2. The van der Waals surface area contributed by atoms with Crippen molar-refractivity contribution < 1.29 is 0 Å². The summed E-state index contributed by atoms with van der Waals surface area (Å²) in [5.74, 6) is 0.964. The van der Waals surface area contributed by atoms with Gasteiger partial charge in [-0.05, 0) is 30.0 Å². The summed E-state index contributed by atoms with van der Waals surface area (Å²) in [5, 5.41) is 9.25. The molecule has 0 saturated heterocycles. The molecule has 3 heterocycles. The van der Waals surface area contributed by atoms with Crippen LogP contribution in [0.25, 0.3) is 0 Å². The third kappa shape index (κ3) is 4.54. The van der Waals surface area contributed by atoms with E-state index in [1.807, 2.05) is 0 Å². The summed E-state index contributed by atoms with van der Waals surface area (Å²) in [5.41, 5.74) is 3.66. The number of fused-ring (bicyclic) bond motifs is 1. The lowest BCUT2D eigenvalue weighted by molar-refractivity contribution is 0.708. The van der Waals surface area contributed by atoms with Gasteiger partial charge in [-0.3, -0.25) is 0 Å². The van der Waals surface area contributed by atoms with Gasteiger partial charge in [0.25, 0.3) is 0 Å². The van der Waals surface area contributed by atoms with Crippen molar-refractivity contribution in [3.8, 4) is 0 Å². The number of thiophene rings is 1. The molecule has 0 saturated carbocycles. The average molecular weight is 409 g/mol. The number of nitrogens with zero attached hydrogens (tertiary/aromatic N) is 2. The Balaban J connectivity index is 0.00000121. The van der Waals surface area contributed by atoms with E-state index in [2.05, 4.69) is 68.4 Å². The molecule has 2 aromatic heterocycles. The van der Waals surface area contributed by atoms with Crippen LogP contribution in [0.15, 0.2) is 54.2 Å². The number of halogens is 2. The third-order valence-electron chi connectivity index (χ3n) is 4.37. The van der Waals surface area contributed by atoms with E-state index in [0.717, 1.165) is 37.4 Å². The summed E-state index contributed by atoms with van der Waals surface area (Å²) in [6.07, 6.45) is 3.61. The van der Waals surface area contributed by atoms with Gasteiger partial charge in [0, 0.05) is 23.4 Å². The fraction of sp³-hybridized carbons (Fsp3) is 0.263. The highest BCUT2D eigenvalue weighted by molar-refractivity contribution is 7.10. The molecule has 138 valence electrons. The lowest BCUT2D eigenvalue weighted by Gasteiger charge is -2.21. The lowest BCUT2D eigenvalue weighted by atomic mass is 10.0. The Morgan fingerprint density at radius 2 is 1.77 bits per heavy atom. The van der Waals surface area contributed by atoms with E-state index in [4.69, 9.17) is 0 Å². The van der Waals surface area contributed by atoms with Crippen molar-refractivity contribution in [2.75, 3.05) is 18.4 Å². The maximum atomic E-state index is 4.56. The van der Waals surface area contributed by atoms with Crippen LogP contribution < -0.4 is 10.6 Å². The van der Waals surface area contributed by atoms with Gasteiger partial charge in [0.05, 0.1) is 11.7 Å². The quantitative estimate of drug-likeness (QED) is 0.676. The largest absolute Gasteiger partial charge is 0.358 e. The van der Waals surface area contributed by atoms with Crippen molar-refractivity contribution in [1.82, 2.24) is 15.3 Å². The number of aromatic nitrogens is 2. The van der Waals surface area contributed by atoms with Crippen LogP contribution in [0.4, 0.5) is 5.82 Å². The molecule has 1 aliphatic heterocycles. The highest BCUT2D eigenvalue weighted by atomic mass is 35.5. The second-order valence-electron chi connectivity index (χ2n) is 5.90. The van der Waals surface area contributed by atoms with Crippen molar-refractivity contribution in [3.05, 3.63) is 75.9 Å². The maximum absolute atomic E-state index is 4.56. The molecule has 7 heteroatoms. The van der Waals surface area contributed by atoms with Gasteiger partial charge in [0.2, 0.25) is 0 Å². The Labute approximate surface area is 170 Å². The summed E-state index contributed by atoms with van der Waals surface area (Å²) in [7, 11) is 0. The molecule has 0 aliphatic carbocycles. The minimum absolute atomic E-state index is 0. The number of anilines is 1. The van der Waals surface area contributed by atoms with Crippen molar-refractivity contribution in [1.29, 1.82) is 0 Å². The second-order valence-corrected chi connectivity index (χ2v) is 6.88. The summed E-state index contributed by atoms with van der Waals surface area (Å²) in [6.45, 7) is 1.96. The van der Waals surface area contributed by atoms with E-state index in [0.29, 0.717) is 0 Å². The first-order valence-corrected chi connectivity index (χ1v) is 9.18. The Kier molecular flexibility index (Phi) is 7.85. The van der Waals surface area contributed by atoms with Crippen molar-refractivity contribution >= 4 is 42.0 Å². The van der Waals surface area contributed by atoms with Crippen LogP contribution in [0.5, 0.6) is 0 Å². The van der Waals surface area contributed by atoms with Gasteiger partial charge < -0.3 is 10.6 Å². The highest BCUT2D eigenvalue weighted by Gasteiger charge is 2.20.